The molecule has 3 aromatic rings. The summed E-state index contributed by atoms with van der Waals surface area (Å²) in [4.78, 5) is 30.4. The standard InChI is InChI=1S/C17H20N5O7P/c23-13-11(7-28-30(25,26)27)29-17(14(13)24)22-9-21-12-15(19-8-20-16(12)22)18-6-10-4-2-1-3-5-10/h1-5,8-9,11,13-14,17,23-24H,6-7H2,(H,18,19,20)(H2,25,26,27). The van der Waals surface area contributed by atoms with Crippen LogP contribution in [0.3, 0.4) is 0 Å². The van der Waals surface area contributed by atoms with Gasteiger partial charge in [0.15, 0.2) is 23.2 Å². The fraction of sp³-hybridized carbons (Fsp3) is 0.353. The van der Waals surface area contributed by atoms with E-state index in [0.717, 1.165) is 5.56 Å². The number of phosphoric ester groups is 1. The Bertz CT molecular complexity index is 1060. The SMILES string of the molecule is O=P(O)(O)OCC1OC(n2cnc3c(NCc4ccccc4)ncnc32)C(O)C1O. The molecule has 1 aliphatic heterocycles. The van der Waals surface area contributed by atoms with Crippen LogP contribution in [0.15, 0.2) is 43.0 Å². The van der Waals surface area contributed by atoms with Gasteiger partial charge in [0, 0.05) is 6.54 Å². The largest absolute Gasteiger partial charge is 0.469 e. The molecule has 0 saturated carbocycles. The highest BCUT2D eigenvalue weighted by Gasteiger charge is 2.45. The molecule has 1 aromatic carbocycles. The van der Waals surface area contributed by atoms with Crippen molar-refractivity contribution in [2.45, 2.75) is 31.1 Å². The second-order valence-electron chi connectivity index (χ2n) is 6.72. The number of ether oxygens (including phenoxy) is 1. The number of aliphatic hydroxyl groups excluding tert-OH is 2. The van der Waals surface area contributed by atoms with E-state index in [2.05, 4.69) is 24.8 Å². The summed E-state index contributed by atoms with van der Waals surface area (Å²) in [5.41, 5.74) is 1.84. The van der Waals surface area contributed by atoms with Gasteiger partial charge in [-0.2, -0.15) is 0 Å². The van der Waals surface area contributed by atoms with Gasteiger partial charge in [-0.3, -0.25) is 9.09 Å². The molecule has 1 aliphatic rings. The number of fused-ring (bicyclic) bond motifs is 1. The van der Waals surface area contributed by atoms with Crippen LogP contribution in [0.1, 0.15) is 11.8 Å². The maximum atomic E-state index is 10.9. The zero-order valence-electron chi connectivity index (χ0n) is 15.5. The Kier molecular flexibility index (Phi) is 5.80. The fourth-order valence-corrected chi connectivity index (χ4v) is 3.56. The number of hydrogen-bond donors (Lipinski definition) is 5. The highest BCUT2D eigenvalue weighted by atomic mass is 31.2. The average molecular weight is 437 g/mol. The molecule has 4 rings (SSSR count). The third kappa shape index (κ3) is 4.35. The van der Waals surface area contributed by atoms with E-state index in [4.69, 9.17) is 14.5 Å². The maximum absolute atomic E-state index is 10.9. The second kappa shape index (κ2) is 8.36. The number of anilines is 1. The topological polar surface area (TPSA) is 172 Å². The molecule has 2 aromatic heterocycles. The van der Waals surface area contributed by atoms with Crippen molar-refractivity contribution in [3.63, 3.8) is 0 Å². The number of aromatic nitrogens is 4. The van der Waals surface area contributed by atoms with Crippen molar-refractivity contribution in [3.05, 3.63) is 48.5 Å². The molecular weight excluding hydrogens is 417 g/mol. The number of nitrogens with one attached hydrogen (secondary N) is 1. The van der Waals surface area contributed by atoms with Gasteiger partial charge in [-0.05, 0) is 5.56 Å². The molecule has 0 radical (unpaired) electrons. The number of phosphoric acid groups is 1. The summed E-state index contributed by atoms with van der Waals surface area (Å²) < 4.78 is 22.3. The van der Waals surface area contributed by atoms with Gasteiger partial charge < -0.3 is 30.1 Å². The molecule has 0 spiro atoms. The minimum absolute atomic E-state index is 0.355. The quantitative estimate of drug-likeness (QED) is 0.319. The molecule has 160 valence electrons. The molecule has 5 N–H and O–H groups in total. The molecule has 4 atom stereocenters. The number of imidazole rings is 1. The van der Waals surface area contributed by atoms with Crippen molar-refractivity contribution >= 4 is 24.8 Å². The van der Waals surface area contributed by atoms with Gasteiger partial charge in [0.25, 0.3) is 0 Å². The van der Waals surface area contributed by atoms with Gasteiger partial charge in [-0.25, -0.2) is 19.5 Å². The second-order valence-corrected chi connectivity index (χ2v) is 7.96. The van der Waals surface area contributed by atoms with Crippen molar-refractivity contribution in [3.8, 4) is 0 Å². The van der Waals surface area contributed by atoms with Gasteiger partial charge in [-0.15, -0.1) is 0 Å². The zero-order chi connectivity index (χ0) is 21.3. The zero-order valence-corrected chi connectivity index (χ0v) is 16.4. The first kappa shape index (κ1) is 20.8. The minimum Gasteiger partial charge on any atom is -0.387 e. The number of benzene rings is 1. The Balaban J connectivity index is 1.54. The Morgan fingerprint density at radius 3 is 2.63 bits per heavy atom. The van der Waals surface area contributed by atoms with Crippen molar-refractivity contribution in [1.82, 2.24) is 19.5 Å². The Morgan fingerprint density at radius 2 is 1.90 bits per heavy atom. The van der Waals surface area contributed by atoms with Gasteiger partial charge in [0.2, 0.25) is 0 Å². The van der Waals surface area contributed by atoms with Crippen LogP contribution in [0.2, 0.25) is 0 Å². The summed E-state index contributed by atoms with van der Waals surface area (Å²) in [6.07, 6.45) is -2.31. The van der Waals surface area contributed by atoms with Crippen LogP contribution in [0, 0.1) is 0 Å². The summed E-state index contributed by atoms with van der Waals surface area (Å²) in [6, 6.07) is 9.71. The number of rotatable bonds is 7. The van der Waals surface area contributed by atoms with Crippen molar-refractivity contribution in [1.29, 1.82) is 0 Å². The van der Waals surface area contributed by atoms with Crippen LogP contribution >= 0.6 is 7.82 Å². The van der Waals surface area contributed by atoms with E-state index in [1.54, 1.807) is 0 Å². The summed E-state index contributed by atoms with van der Waals surface area (Å²) in [5, 5.41) is 23.7. The highest BCUT2D eigenvalue weighted by Crippen LogP contribution is 2.38. The summed E-state index contributed by atoms with van der Waals surface area (Å²) in [5.74, 6) is 0.483. The lowest BCUT2D eigenvalue weighted by atomic mass is 10.1. The van der Waals surface area contributed by atoms with Crippen molar-refractivity contribution in [2.24, 2.45) is 0 Å². The van der Waals surface area contributed by atoms with E-state index in [0.29, 0.717) is 23.5 Å². The Hall–Kier alpha value is -2.44. The van der Waals surface area contributed by atoms with Crippen LogP contribution in [-0.2, 0) is 20.4 Å². The van der Waals surface area contributed by atoms with E-state index in [1.807, 2.05) is 30.3 Å². The molecule has 30 heavy (non-hydrogen) atoms. The summed E-state index contributed by atoms with van der Waals surface area (Å²) in [7, 11) is -4.74. The van der Waals surface area contributed by atoms with Gasteiger partial charge in [0.05, 0.1) is 12.9 Å². The first-order chi connectivity index (χ1) is 14.3. The Labute approximate surface area is 170 Å². The predicted octanol–water partition coefficient (Wildman–Crippen LogP) is 0.167. The molecule has 0 bridgehead atoms. The van der Waals surface area contributed by atoms with E-state index in [-0.39, 0.29) is 0 Å². The predicted molar refractivity (Wildman–Crippen MR) is 103 cm³/mol. The molecule has 1 fully saturated rings. The molecule has 0 amide bonds. The smallest absolute Gasteiger partial charge is 0.387 e. The van der Waals surface area contributed by atoms with E-state index in [9.17, 15) is 14.8 Å². The van der Waals surface area contributed by atoms with Crippen LogP contribution in [0.25, 0.3) is 11.2 Å². The van der Waals surface area contributed by atoms with E-state index >= 15 is 0 Å². The molecule has 0 aliphatic carbocycles. The first-order valence-corrected chi connectivity index (χ1v) is 10.5. The molecule has 1 saturated heterocycles. The van der Waals surface area contributed by atoms with E-state index in [1.165, 1.54) is 17.2 Å². The molecule has 4 unspecified atom stereocenters. The molecule has 12 nitrogen and oxygen atoms in total. The molecule has 13 heteroatoms. The van der Waals surface area contributed by atoms with Crippen LogP contribution in [0.5, 0.6) is 0 Å². The average Bonchev–Trinajstić information content (AvgIpc) is 3.27. The maximum Gasteiger partial charge on any atom is 0.469 e. The van der Waals surface area contributed by atoms with Crippen LogP contribution < -0.4 is 5.32 Å². The third-order valence-electron chi connectivity index (χ3n) is 4.68. The van der Waals surface area contributed by atoms with Crippen molar-refractivity contribution in [2.75, 3.05) is 11.9 Å². The first-order valence-electron chi connectivity index (χ1n) is 9.00. The molecule has 3 heterocycles. The Morgan fingerprint density at radius 1 is 1.13 bits per heavy atom. The normalized spacial score (nSPS) is 24.4. The lowest BCUT2D eigenvalue weighted by Gasteiger charge is -2.16. The monoisotopic (exact) mass is 437 g/mol. The van der Waals surface area contributed by atoms with Gasteiger partial charge in [-0.1, -0.05) is 30.3 Å². The number of aliphatic hydroxyl groups is 2. The molecular formula is C17H20N5O7P. The van der Waals surface area contributed by atoms with Crippen molar-refractivity contribution < 1.29 is 33.8 Å². The number of hydrogen-bond acceptors (Lipinski definition) is 9. The summed E-state index contributed by atoms with van der Waals surface area (Å²) in [6.45, 7) is -0.0760. The lowest BCUT2D eigenvalue weighted by molar-refractivity contribution is -0.0504. The lowest BCUT2D eigenvalue weighted by Crippen LogP contribution is -2.33. The summed E-state index contributed by atoms with van der Waals surface area (Å²) >= 11 is 0. The van der Waals surface area contributed by atoms with Crippen LogP contribution in [-0.4, -0.2) is 64.4 Å². The van der Waals surface area contributed by atoms with Gasteiger partial charge >= 0.3 is 7.82 Å². The highest BCUT2D eigenvalue weighted by molar-refractivity contribution is 7.46. The third-order valence-corrected chi connectivity index (χ3v) is 5.17. The number of nitrogens with zero attached hydrogens (tertiary/aromatic N) is 4. The van der Waals surface area contributed by atoms with Gasteiger partial charge in [0.1, 0.15) is 24.6 Å². The fourth-order valence-electron chi connectivity index (χ4n) is 3.22. The minimum atomic E-state index is -4.74. The van der Waals surface area contributed by atoms with Crippen LogP contribution in [0.4, 0.5) is 5.82 Å². The van der Waals surface area contributed by atoms with E-state index < -0.39 is 39.0 Å².